The Bertz CT molecular complexity index is 1290. The van der Waals surface area contributed by atoms with Gasteiger partial charge in [0, 0.05) is 18.2 Å². The zero-order chi connectivity index (χ0) is 25.7. The first kappa shape index (κ1) is 25.3. The Labute approximate surface area is 216 Å². The normalized spacial score (nSPS) is 10.9. The van der Waals surface area contributed by atoms with Gasteiger partial charge in [0.2, 0.25) is 5.91 Å². The fourth-order valence-corrected chi connectivity index (χ4v) is 5.41. The molecule has 1 aromatic heterocycles. The molecule has 0 atom stereocenters. The molecule has 0 aliphatic rings. The number of hydrogen-bond acceptors (Lipinski definition) is 5. The Kier molecular flexibility index (Phi) is 7.96. The van der Waals surface area contributed by atoms with Gasteiger partial charge in [0.1, 0.15) is 6.61 Å². The van der Waals surface area contributed by atoms with Crippen molar-refractivity contribution in [2.24, 2.45) is 0 Å². The molecule has 1 amide bonds. The van der Waals surface area contributed by atoms with Crippen molar-refractivity contribution in [1.82, 2.24) is 4.98 Å². The van der Waals surface area contributed by atoms with Crippen LogP contribution in [0, 0.1) is 20.8 Å². The Morgan fingerprint density at radius 1 is 0.917 bits per heavy atom. The molecule has 0 aliphatic heterocycles. The molecule has 3 aromatic carbocycles. The number of aryl methyl sites for hydroxylation is 3. The Balaban J connectivity index is 1.48. The molecule has 0 unspecified atom stereocenters. The van der Waals surface area contributed by atoms with Crippen LogP contribution in [0.25, 0.3) is 0 Å². The van der Waals surface area contributed by atoms with Crippen molar-refractivity contribution in [1.29, 1.82) is 0 Å². The number of aromatic nitrogens is 1. The minimum atomic E-state index is -0.295. The van der Waals surface area contributed by atoms with E-state index in [0.29, 0.717) is 10.8 Å². The van der Waals surface area contributed by atoms with Crippen LogP contribution in [0.4, 0.5) is 10.8 Å². The average Bonchev–Trinajstić information content (AvgIpc) is 3.32. The zero-order valence-corrected chi connectivity index (χ0v) is 21.8. The first-order valence-electron chi connectivity index (χ1n) is 11.9. The molecule has 0 saturated heterocycles. The molecule has 0 N–H and O–H groups in total. The van der Waals surface area contributed by atoms with Crippen LogP contribution in [-0.4, -0.2) is 16.9 Å². The van der Waals surface area contributed by atoms with Crippen LogP contribution < -0.4 is 4.90 Å². The molecule has 0 spiro atoms. The van der Waals surface area contributed by atoms with E-state index < -0.39 is 0 Å². The molecule has 36 heavy (non-hydrogen) atoms. The van der Waals surface area contributed by atoms with Gasteiger partial charge in [0.25, 0.3) is 0 Å². The minimum Gasteiger partial charge on any atom is -0.459 e. The number of anilines is 2. The predicted octanol–water partition coefficient (Wildman–Crippen LogP) is 7.02. The predicted molar refractivity (Wildman–Crippen MR) is 145 cm³/mol. The molecule has 6 heteroatoms. The second-order valence-electron chi connectivity index (χ2n) is 8.96. The van der Waals surface area contributed by atoms with Crippen LogP contribution in [0.15, 0.2) is 78.2 Å². The molecule has 4 rings (SSSR count). The third kappa shape index (κ3) is 5.89. The number of thiazole rings is 1. The van der Waals surface area contributed by atoms with E-state index in [4.69, 9.17) is 4.74 Å². The summed E-state index contributed by atoms with van der Waals surface area (Å²) in [6.07, 6.45) is 0.229. The molecule has 0 saturated carbocycles. The molecule has 184 valence electrons. The van der Waals surface area contributed by atoms with Gasteiger partial charge < -0.3 is 4.74 Å². The molecule has 0 aliphatic carbocycles. The number of carbonyl (C=O) groups excluding carboxylic acids is 2. The molecule has 4 aromatic rings. The Morgan fingerprint density at radius 2 is 1.47 bits per heavy atom. The number of ether oxygens (including phenoxy) is 1. The quantitative estimate of drug-likeness (QED) is 0.245. The number of carbonyl (C=O) groups is 2. The van der Waals surface area contributed by atoms with E-state index in [1.54, 1.807) is 4.90 Å². The maximum absolute atomic E-state index is 12.9. The lowest BCUT2D eigenvalue weighted by Crippen LogP contribution is -2.24. The van der Waals surface area contributed by atoms with Crippen molar-refractivity contribution in [3.05, 3.63) is 112 Å². The number of hydrogen-bond donors (Lipinski definition) is 0. The molecular formula is C30H30N2O3S. The van der Waals surface area contributed by atoms with Crippen LogP contribution in [0.2, 0.25) is 0 Å². The van der Waals surface area contributed by atoms with Gasteiger partial charge in [-0.3, -0.25) is 14.5 Å². The maximum Gasteiger partial charge on any atom is 0.307 e. The average molecular weight is 499 g/mol. The van der Waals surface area contributed by atoms with Crippen LogP contribution in [-0.2, 0) is 20.9 Å². The second kappa shape index (κ2) is 11.3. The first-order chi connectivity index (χ1) is 17.3. The maximum atomic E-state index is 12.9. The third-order valence-corrected chi connectivity index (χ3v) is 6.94. The molecule has 0 fully saturated rings. The third-order valence-electron chi connectivity index (χ3n) is 6.06. The molecule has 5 nitrogen and oxygen atoms in total. The van der Waals surface area contributed by atoms with Gasteiger partial charge in [-0.15, -0.1) is 11.3 Å². The van der Waals surface area contributed by atoms with Gasteiger partial charge in [0.05, 0.1) is 17.8 Å². The monoisotopic (exact) mass is 498 g/mol. The zero-order valence-electron chi connectivity index (χ0n) is 21.0. The summed E-state index contributed by atoms with van der Waals surface area (Å²) < 4.78 is 5.63. The molecule has 0 radical (unpaired) electrons. The van der Waals surface area contributed by atoms with Gasteiger partial charge in [0.15, 0.2) is 5.13 Å². The van der Waals surface area contributed by atoms with E-state index in [-0.39, 0.29) is 30.8 Å². The fourth-order valence-electron chi connectivity index (χ4n) is 4.56. The lowest BCUT2D eigenvalue weighted by atomic mass is 9.89. The van der Waals surface area contributed by atoms with E-state index in [2.05, 4.69) is 17.1 Å². The number of rotatable bonds is 8. The lowest BCUT2D eigenvalue weighted by molar-refractivity contribution is -0.145. The van der Waals surface area contributed by atoms with Gasteiger partial charge >= 0.3 is 5.97 Å². The highest BCUT2D eigenvalue weighted by Crippen LogP contribution is 2.35. The first-order valence-corrected chi connectivity index (χ1v) is 12.8. The van der Waals surface area contributed by atoms with Gasteiger partial charge in [-0.2, -0.15) is 0 Å². The summed E-state index contributed by atoms with van der Waals surface area (Å²) in [7, 11) is 0. The Hall–Kier alpha value is -3.77. The topological polar surface area (TPSA) is 59.5 Å². The summed E-state index contributed by atoms with van der Waals surface area (Å²) in [4.78, 5) is 31.7. The molecule has 1 heterocycles. The van der Waals surface area contributed by atoms with E-state index in [0.717, 1.165) is 33.5 Å². The van der Waals surface area contributed by atoms with Crippen molar-refractivity contribution < 1.29 is 14.3 Å². The van der Waals surface area contributed by atoms with Crippen LogP contribution in [0.3, 0.4) is 0 Å². The largest absolute Gasteiger partial charge is 0.459 e. The minimum absolute atomic E-state index is 0.0588. The van der Waals surface area contributed by atoms with Gasteiger partial charge in [-0.05, 0) is 43.0 Å². The van der Waals surface area contributed by atoms with Crippen molar-refractivity contribution in [3.63, 3.8) is 0 Å². The molecule has 0 bridgehead atoms. The van der Waals surface area contributed by atoms with Crippen molar-refractivity contribution in [2.75, 3.05) is 4.90 Å². The second-order valence-corrected chi connectivity index (χ2v) is 9.80. The highest BCUT2D eigenvalue weighted by molar-refractivity contribution is 7.14. The van der Waals surface area contributed by atoms with Crippen LogP contribution in [0.5, 0.6) is 0 Å². The highest BCUT2D eigenvalue weighted by atomic mass is 32.1. The smallest absolute Gasteiger partial charge is 0.307 e. The SMILES string of the molecule is CC(=O)N(c1nc(COC(=O)CC(c2ccccc2)c2ccccc2)cs1)c1c(C)cc(C)cc1C. The summed E-state index contributed by atoms with van der Waals surface area (Å²) in [6, 6.07) is 24.1. The summed E-state index contributed by atoms with van der Waals surface area (Å²) in [5, 5.41) is 2.40. The van der Waals surface area contributed by atoms with E-state index >= 15 is 0 Å². The van der Waals surface area contributed by atoms with E-state index in [1.165, 1.54) is 18.3 Å². The van der Waals surface area contributed by atoms with Crippen molar-refractivity contribution in [3.8, 4) is 0 Å². The number of esters is 1. The number of amides is 1. The van der Waals surface area contributed by atoms with Crippen molar-refractivity contribution >= 4 is 34.0 Å². The van der Waals surface area contributed by atoms with Crippen molar-refractivity contribution in [2.45, 2.75) is 46.6 Å². The highest BCUT2D eigenvalue weighted by Gasteiger charge is 2.23. The Morgan fingerprint density at radius 3 is 2.00 bits per heavy atom. The van der Waals surface area contributed by atoms with Gasteiger partial charge in [-0.1, -0.05) is 78.4 Å². The van der Waals surface area contributed by atoms with Gasteiger partial charge in [-0.25, -0.2) is 4.98 Å². The number of nitrogens with zero attached hydrogens (tertiary/aromatic N) is 2. The van der Waals surface area contributed by atoms with E-state index in [1.807, 2.05) is 86.8 Å². The standard InChI is InChI=1S/C30H30N2O3S/c1-20-15-21(2)29(22(3)16-20)32(23(4)33)30-31-26(19-36-30)18-35-28(34)17-27(24-11-7-5-8-12-24)25-13-9-6-10-14-25/h5-16,19,27H,17-18H2,1-4H3. The summed E-state index contributed by atoms with van der Waals surface area (Å²) in [5.74, 6) is -0.501. The summed E-state index contributed by atoms with van der Waals surface area (Å²) in [5.41, 5.74) is 6.77. The molecular weight excluding hydrogens is 468 g/mol. The number of benzene rings is 3. The lowest BCUT2D eigenvalue weighted by Gasteiger charge is -2.23. The summed E-state index contributed by atoms with van der Waals surface area (Å²) in [6.45, 7) is 7.63. The van der Waals surface area contributed by atoms with E-state index in [9.17, 15) is 9.59 Å². The fraction of sp³-hybridized carbons (Fsp3) is 0.233. The summed E-state index contributed by atoms with van der Waals surface area (Å²) >= 11 is 1.36. The van der Waals surface area contributed by atoms with Crippen LogP contribution in [0.1, 0.15) is 52.8 Å². The van der Waals surface area contributed by atoms with Crippen LogP contribution >= 0.6 is 11.3 Å².